The molecule has 0 bridgehead atoms. The maximum Gasteiger partial charge on any atom is 0.180 e. The molecule has 0 saturated heterocycles. The van der Waals surface area contributed by atoms with Gasteiger partial charge >= 0.3 is 0 Å². The molecule has 0 aliphatic rings. The van der Waals surface area contributed by atoms with Crippen LogP contribution in [0, 0.1) is 0 Å². The number of halogens is 1. The molecule has 0 aliphatic carbocycles. The van der Waals surface area contributed by atoms with Gasteiger partial charge in [-0.15, -0.1) is 0 Å². The van der Waals surface area contributed by atoms with Crippen molar-refractivity contribution in [3.8, 4) is 5.75 Å². The van der Waals surface area contributed by atoms with Gasteiger partial charge in [0.15, 0.2) is 9.84 Å². The average molecular weight is 370 g/mol. The molecule has 112 valence electrons. The van der Waals surface area contributed by atoms with Crippen molar-refractivity contribution in [3.63, 3.8) is 0 Å². The maximum absolute atomic E-state index is 12.4. The van der Waals surface area contributed by atoms with Gasteiger partial charge in [0, 0.05) is 16.1 Å². The molecular formula is C15H16BrNO3S. The van der Waals surface area contributed by atoms with E-state index >= 15 is 0 Å². The molecule has 0 heterocycles. The third-order valence-electron chi connectivity index (χ3n) is 3.11. The summed E-state index contributed by atoms with van der Waals surface area (Å²) < 4.78 is 30.8. The lowest BCUT2D eigenvalue weighted by molar-refractivity contribution is 0.407. The number of rotatable bonds is 5. The summed E-state index contributed by atoms with van der Waals surface area (Å²) in [6.07, 6.45) is 0. The first-order chi connectivity index (χ1) is 9.94. The van der Waals surface area contributed by atoms with Crippen LogP contribution in [0.3, 0.4) is 0 Å². The van der Waals surface area contributed by atoms with Gasteiger partial charge in [0.05, 0.1) is 17.8 Å². The summed E-state index contributed by atoms with van der Waals surface area (Å²) in [5, 5.41) is 0. The Morgan fingerprint density at radius 1 is 1.14 bits per heavy atom. The first kappa shape index (κ1) is 16.0. The molecule has 0 aromatic heterocycles. The summed E-state index contributed by atoms with van der Waals surface area (Å²) in [6, 6.07) is 13.0. The van der Waals surface area contributed by atoms with Crippen LogP contribution in [0.5, 0.6) is 5.75 Å². The molecular weight excluding hydrogens is 354 g/mol. The Morgan fingerprint density at radius 3 is 2.38 bits per heavy atom. The Hall–Kier alpha value is -1.37. The third-order valence-corrected chi connectivity index (χ3v) is 5.43. The lowest BCUT2D eigenvalue weighted by Gasteiger charge is -2.15. The van der Waals surface area contributed by atoms with Gasteiger partial charge in [-0.1, -0.05) is 34.1 Å². The normalized spacial score (nSPS) is 12.9. The fourth-order valence-corrected chi connectivity index (χ4v) is 3.70. The predicted octanol–water partition coefficient (Wildman–Crippen LogP) is 2.93. The summed E-state index contributed by atoms with van der Waals surface area (Å²) in [5.74, 6) is 0.422. The lowest BCUT2D eigenvalue weighted by Crippen LogP contribution is -2.22. The van der Waals surface area contributed by atoms with Gasteiger partial charge in [0.1, 0.15) is 5.75 Å². The monoisotopic (exact) mass is 369 g/mol. The SMILES string of the molecule is COc1ccccc1C(N)CS(=O)(=O)c1ccc(Br)cc1. The minimum absolute atomic E-state index is 0.172. The number of nitrogens with two attached hydrogens (primary N) is 1. The van der Waals surface area contributed by atoms with Crippen molar-refractivity contribution >= 4 is 25.8 Å². The molecule has 0 saturated carbocycles. The number of hydrogen-bond donors (Lipinski definition) is 1. The zero-order valence-electron chi connectivity index (χ0n) is 11.5. The summed E-state index contributed by atoms with van der Waals surface area (Å²) >= 11 is 3.28. The van der Waals surface area contributed by atoms with Crippen molar-refractivity contribution in [1.29, 1.82) is 0 Å². The van der Waals surface area contributed by atoms with Crippen LogP contribution in [0.2, 0.25) is 0 Å². The molecule has 2 aromatic rings. The van der Waals surface area contributed by atoms with Gasteiger partial charge in [-0.05, 0) is 30.3 Å². The molecule has 1 atom stereocenters. The number of hydrogen-bond acceptors (Lipinski definition) is 4. The highest BCUT2D eigenvalue weighted by atomic mass is 79.9. The van der Waals surface area contributed by atoms with Gasteiger partial charge in [-0.25, -0.2) is 8.42 Å². The Labute approximate surface area is 133 Å². The first-order valence-electron chi connectivity index (χ1n) is 6.31. The second-order valence-corrected chi connectivity index (χ2v) is 7.53. The topological polar surface area (TPSA) is 69.4 Å². The summed E-state index contributed by atoms with van der Waals surface area (Å²) in [5.41, 5.74) is 6.74. The maximum atomic E-state index is 12.4. The third kappa shape index (κ3) is 3.84. The molecule has 2 rings (SSSR count). The summed E-state index contributed by atoms with van der Waals surface area (Å²) in [4.78, 5) is 0.260. The zero-order valence-corrected chi connectivity index (χ0v) is 13.9. The lowest BCUT2D eigenvalue weighted by atomic mass is 10.1. The Morgan fingerprint density at radius 2 is 1.76 bits per heavy atom. The van der Waals surface area contributed by atoms with Gasteiger partial charge < -0.3 is 10.5 Å². The number of methoxy groups -OCH3 is 1. The molecule has 0 aliphatic heterocycles. The summed E-state index contributed by atoms with van der Waals surface area (Å²) in [6.45, 7) is 0. The van der Waals surface area contributed by atoms with E-state index in [2.05, 4.69) is 15.9 Å². The smallest absolute Gasteiger partial charge is 0.180 e. The van der Waals surface area contributed by atoms with Crippen LogP contribution in [0.25, 0.3) is 0 Å². The van der Waals surface area contributed by atoms with Crippen molar-refractivity contribution in [2.45, 2.75) is 10.9 Å². The van der Waals surface area contributed by atoms with E-state index in [-0.39, 0.29) is 10.6 Å². The molecule has 0 fully saturated rings. The number of benzene rings is 2. The van der Waals surface area contributed by atoms with Crippen LogP contribution < -0.4 is 10.5 Å². The second-order valence-electron chi connectivity index (χ2n) is 4.58. The van der Waals surface area contributed by atoms with E-state index in [9.17, 15) is 8.42 Å². The predicted molar refractivity (Wildman–Crippen MR) is 86.1 cm³/mol. The molecule has 4 nitrogen and oxygen atoms in total. The van der Waals surface area contributed by atoms with E-state index < -0.39 is 15.9 Å². The van der Waals surface area contributed by atoms with Crippen LogP contribution >= 0.6 is 15.9 Å². The molecule has 0 spiro atoms. The molecule has 2 N–H and O–H groups in total. The molecule has 1 unspecified atom stereocenters. The molecule has 2 aromatic carbocycles. The summed E-state index contributed by atoms with van der Waals surface area (Å²) in [7, 11) is -1.91. The van der Waals surface area contributed by atoms with Crippen LogP contribution in [0.15, 0.2) is 57.9 Å². The standard InChI is InChI=1S/C15H16BrNO3S/c1-20-15-5-3-2-4-13(15)14(17)10-21(18,19)12-8-6-11(16)7-9-12/h2-9,14H,10,17H2,1H3. The minimum Gasteiger partial charge on any atom is -0.496 e. The van der Waals surface area contributed by atoms with Crippen LogP contribution in [0.1, 0.15) is 11.6 Å². The fourth-order valence-electron chi connectivity index (χ4n) is 2.04. The fraction of sp³-hybridized carbons (Fsp3) is 0.200. The van der Waals surface area contributed by atoms with Crippen molar-refractivity contribution < 1.29 is 13.2 Å². The van der Waals surface area contributed by atoms with E-state index in [4.69, 9.17) is 10.5 Å². The second kappa shape index (κ2) is 6.60. The Bertz CT molecular complexity index is 714. The molecule has 6 heteroatoms. The Kier molecular flexibility index (Phi) is 5.03. The highest BCUT2D eigenvalue weighted by Crippen LogP contribution is 2.26. The zero-order chi connectivity index (χ0) is 15.5. The molecule has 21 heavy (non-hydrogen) atoms. The van der Waals surface area contributed by atoms with E-state index in [0.29, 0.717) is 11.3 Å². The van der Waals surface area contributed by atoms with Crippen molar-refractivity contribution in [2.75, 3.05) is 12.9 Å². The van der Waals surface area contributed by atoms with Crippen LogP contribution in [0.4, 0.5) is 0 Å². The minimum atomic E-state index is -3.45. The van der Waals surface area contributed by atoms with Crippen molar-refractivity contribution in [3.05, 3.63) is 58.6 Å². The highest BCUT2D eigenvalue weighted by molar-refractivity contribution is 9.10. The van der Waals surface area contributed by atoms with Crippen LogP contribution in [-0.2, 0) is 9.84 Å². The van der Waals surface area contributed by atoms with Gasteiger partial charge in [0.2, 0.25) is 0 Å². The Balaban J connectivity index is 2.25. The molecule has 0 radical (unpaired) electrons. The largest absolute Gasteiger partial charge is 0.496 e. The van der Waals surface area contributed by atoms with E-state index in [1.54, 1.807) is 36.4 Å². The van der Waals surface area contributed by atoms with Gasteiger partial charge in [-0.3, -0.25) is 0 Å². The van der Waals surface area contributed by atoms with Gasteiger partial charge in [-0.2, -0.15) is 0 Å². The first-order valence-corrected chi connectivity index (χ1v) is 8.75. The average Bonchev–Trinajstić information content (AvgIpc) is 2.47. The van der Waals surface area contributed by atoms with Crippen molar-refractivity contribution in [1.82, 2.24) is 0 Å². The highest BCUT2D eigenvalue weighted by Gasteiger charge is 2.21. The van der Waals surface area contributed by atoms with E-state index in [0.717, 1.165) is 4.47 Å². The number of ether oxygens (including phenoxy) is 1. The number of sulfone groups is 1. The van der Waals surface area contributed by atoms with Crippen LogP contribution in [-0.4, -0.2) is 21.3 Å². The molecule has 0 amide bonds. The quantitative estimate of drug-likeness (QED) is 0.879. The van der Waals surface area contributed by atoms with Gasteiger partial charge in [0.25, 0.3) is 0 Å². The van der Waals surface area contributed by atoms with E-state index in [1.807, 2.05) is 12.1 Å². The van der Waals surface area contributed by atoms with E-state index in [1.165, 1.54) is 7.11 Å². The van der Waals surface area contributed by atoms with Crippen molar-refractivity contribution in [2.24, 2.45) is 5.73 Å². The number of para-hydroxylation sites is 1.